The minimum absolute atomic E-state index is 0.0258. The molecular formula is C20H25N5O4. The van der Waals surface area contributed by atoms with Crippen molar-refractivity contribution in [3.8, 4) is 11.8 Å². The molecule has 1 aliphatic rings. The van der Waals surface area contributed by atoms with Crippen LogP contribution in [-0.2, 0) is 9.59 Å². The molecular weight excluding hydrogens is 374 g/mol. The first-order valence-corrected chi connectivity index (χ1v) is 9.42. The largest absolute Gasteiger partial charge is 0.481 e. The van der Waals surface area contributed by atoms with Gasteiger partial charge in [0.1, 0.15) is 0 Å². The van der Waals surface area contributed by atoms with E-state index in [-0.39, 0.29) is 30.2 Å². The number of piperidine rings is 1. The van der Waals surface area contributed by atoms with Crippen molar-refractivity contribution in [2.75, 3.05) is 44.5 Å². The second kappa shape index (κ2) is 9.83. The molecule has 154 valence electrons. The number of nitrogens with one attached hydrogen (secondary N) is 2. The van der Waals surface area contributed by atoms with Gasteiger partial charge in [0.15, 0.2) is 0 Å². The van der Waals surface area contributed by atoms with Crippen LogP contribution in [0.15, 0.2) is 36.4 Å². The number of carbonyl (C=O) groups is 2. The number of benzene rings is 1. The third kappa shape index (κ3) is 5.89. The van der Waals surface area contributed by atoms with Crippen molar-refractivity contribution in [1.29, 1.82) is 0 Å². The fourth-order valence-electron chi connectivity index (χ4n) is 3.22. The molecule has 1 aromatic carbocycles. The van der Waals surface area contributed by atoms with Gasteiger partial charge < -0.3 is 14.8 Å². The van der Waals surface area contributed by atoms with Gasteiger partial charge >= 0.3 is 0 Å². The Hall–Kier alpha value is -3.20. The number of nitrogens with zero attached hydrogens (tertiary/aromatic N) is 3. The lowest BCUT2D eigenvalue weighted by atomic mass is 9.97. The summed E-state index contributed by atoms with van der Waals surface area (Å²) in [5, 5.41) is 5.60. The summed E-state index contributed by atoms with van der Waals surface area (Å²) in [7, 11) is 2.95. The van der Waals surface area contributed by atoms with E-state index in [1.807, 2.05) is 35.2 Å². The van der Waals surface area contributed by atoms with Gasteiger partial charge in [-0.05, 0) is 31.5 Å². The van der Waals surface area contributed by atoms with Crippen molar-refractivity contribution >= 4 is 23.5 Å². The zero-order valence-electron chi connectivity index (χ0n) is 16.6. The molecule has 1 saturated heterocycles. The number of likely N-dealkylation sites (tertiary alicyclic amines) is 1. The quantitative estimate of drug-likeness (QED) is 0.731. The van der Waals surface area contributed by atoms with E-state index in [0.29, 0.717) is 18.3 Å². The molecule has 9 nitrogen and oxygen atoms in total. The predicted molar refractivity (Wildman–Crippen MR) is 108 cm³/mol. The highest BCUT2D eigenvalue weighted by Gasteiger charge is 2.27. The normalized spacial score (nSPS) is 16.7. The highest BCUT2D eigenvalue weighted by molar-refractivity contribution is 5.93. The number of amides is 2. The smallest absolute Gasteiger partial charge is 0.240 e. The molecule has 0 aliphatic carbocycles. The second-order valence-electron chi connectivity index (χ2n) is 6.75. The van der Waals surface area contributed by atoms with Crippen LogP contribution < -0.4 is 20.1 Å². The summed E-state index contributed by atoms with van der Waals surface area (Å²) in [6.07, 6.45) is 1.65. The lowest BCUT2D eigenvalue weighted by Crippen LogP contribution is -2.44. The molecule has 1 unspecified atom stereocenters. The monoisotopic (exact) mass is 399 g/mol. The van der Waals surface area contributed by atoms with Gasteiger partial charge in [-0.2, -0.15) is 9.97 Å². The number of rotatable bonds is 7. The zero-order chi connectivity index (χ0) is 20.6. The molecule has 2 heterocycles. The molecule has 1 fully saturated rings. The number of aromatic nitrogens is 2. The number of carbonyl (C=O) groups excluding carboxylic acids is 2. The van der Waals surface area contributed by atoms with E-state index in [2.05, 4.69) is 20.6 Å². The van der Waals surface area contributed by atoms with Crippen LogP contribution >= 0.6 is 0 Å². The van der Waals surface area contributed by atoms with Crippen LogP contribution in [0.3, 0.4) is 0 Å². The first-order chi connectivity index (χ1) is 14.1. The first kappa shape index (κ1) is 20.5. The van der Waals surface area contributed by atoms with E-state index in [1.165, 1.54) is 20.3 Å². The van der Waals surface area contributed by atoms with Crippen molar-refractivity contribution in [3.05, 3.63) is 36.4 Å². The standard InChI is InChI=1S/C20H25N5O4/c1-28-17-11-18(29-2)24-20(23-17)22-16(26)13-25-10-6-7-14(12-25)19(27)21-15-8-4-3-5-9-15/h3-5,8-9,11,14H,6-7,10,12-13H2,1-2H3,(H,21,27)(H,22,23,24,26). The van der Waals surface area contributed by atoms with Crippen LogP contribution in [0.4, 0.5) is 11.6 Å². The van der Waals surface area contributed by atoms with Gasteiger partial charge in [-0.3, -0.25) is 19.8 Å². The molecule has 0 bridgehead atoms. The van der Waals surface area contributed by atoms with Crippen LogP contribution in [0.1, 0.15) is 12.8 Å². The molecule has 0 radical (unpaired) electrons. The highest BCUT2D eigenvalue weighted by Crippen LogP contribution is 2.20. The number of methoxy groups -OCH3 is 2. The Labute approximate surface area is 169 Å². The number of anilines is 2. The summed E-state index contributed by atoms with van der Waals surface area (Å²) < 4.78 is 10.2. The molecule has 2 amide bonds. The number of para-hydroxylation sites is 1. The number of hydrogen-bond acceptors (Lipinski definition) is 7. The maximum atomic E-state index is 12.5. The maximum absolute atomic E-state index is 12.5. The zero-order valence-corrected chi connectivity index (χ0v) is 16.6. The van der Waals surface area contributed by atoms with Gasteiger partial charge in [-0.15, -0.1) is 0 Å². The van der Waals surface area contributed by atoms with Gasteiger partial charge in [0.25, 0.3) is 0 Å². The van der Waals surface area contributed by atoms with Gasteiger partial charge in [-0.25, -0.2) is 0 Å². The number of ether oxygens (including phenoxy) is 2. The van der Waals surface area contributed by atoms with Crippen molar-refractivity contribution in [1.82, 2.24) is 14.9 Å². The molecule has 29 heavy (non-hydrogen) atoms. The highest BCUT2D eigenvalue weighted by atomic mass is 16.5. The minimum atomic E-state index is -0.260. The van der Waals surface area contributed by atoms with Crippen molar-refractivity contribution in [2.45, 2.75) is 12.8 Å². The molecule has 1 aromatic heterocycles. The molecule has 2 N–H and O–H groups in total. The third-order valence-electron chi connectivity index (χ3n) is 4.63. The van der Waals surface area contributed by atoms with Crippen LogP contribution in [0, 0.1) is 5.92 Å². The summed E-state index contributed by atoms with van der Waals surface area (Å²) >= 11 is 0. The van der Waals surface area contributed by atoms with Crippen LogP contribution in [-0.4, -0.2) is 60.5 Å². The molecule has 9 heteroatoms. The van der Waals surface area contributed by atoms with Gasteiger partial charge in [0.2, 0.25) is 29.5 Å². The van der Waals surface area contributed by atoms with Crippen molar-refractivity contribution < 1.29 is 19.1 Å². The second-order valence-corrected chi connectivity index (χ2v) is 6.75. The Morgan fingerprint density at radius 2 is 1.79 bits per heavy atom. The summed E-state index contributed by atoms with van der Waals surface area (Å²) in [5.74, 6) is 0.253. The number of hydrogen-bond donors (Lipinski definition) is 2. The van der Waals surface area contributed by atoms with Gasteiger partial charge in [-0.1, -0.05) is 18.2 Å². The third-order valence-corrected chi connectivity index (χ3v) is 4.63. The van der Waals surface area contributed by atoms with E-state index in [1.54, 1.807) is 0 Å². The topological polar surface area (TPSA) is 106 Å². The first-order valence-electron chi connectivity index (χ1n) is 9.42. The van der Waals surface area contributed by atoms with Crippen LogP contribution in [0.5, 0.6) is 11.8 Å². The maximum Gasteiger partial charge on any atom is 0.240 e. The van der Waals surface area contributed by atoms with E-state index < -0.39 is 0 Å². The Morgan fingerprint density at radius 3 is 2.45 bits per heavy atom. The summed E-state index contributed by atoms with van der Waals surface area (Å²) in [4.78, 5) is 35.1. The van der Waals surface area contributed by atoms with Crippen molar-refractivity contribution in [2.24, 2.45) is 5.92 Å². The van der Waals surface area contributed by atoms with Crippen LogP contribution in [0.2, 0.25) is 0 Å². The van der Waals surface area contributed by atoms with E-state index in [0.717, 1.165) is 25.1 Å². The Kier molecular flexibility index (Phi) is 6.96. The average Bonchev–Trinajstić information content (AvgIpc) is 2.74. The minimum Gasteiger partial charge on any atom is -0.481 e. The van der Waals surface area contributed by atoms with Crippen LogP contribution in [0.25, 0.3) is 0 Å². The fraction of sp³-hybridized carbons (Fsp3) is 0.400. The Bertz CT molecular complexity index is 824. The summed E-state index contributed by atoms with van der Waals surface area (Å²) in [5.41, 5.74) is 0.775. The molecule has 1 atom stereocenters. The Balaban J connectivity index is 1.54. The predicted octanol–water partition coefficient (Wildman–Crippen LogP) is 1.78. The van der Waals surface area contributed by atoms with Gasteiger partial charge in [0.05, 0.1) is 32.7 Å². The fourth-order valence-corrected chi connectivity index (χ4v) is 3.22. The summed E-state index contributed by atoms with van der Waals surface area (Å²) in [6.45, 7) is 1.43. The van der Waals surface area contributed by atoms with E-state index in [9.17, 15) is 9.59 Å². The molecule has 0 saturated carbocycles. The van der Waals surface area contributed by atoms with Crippen molar-refractivity contribution in [3.63, 3.8) is 0 Å². The lowest BCUT2D eigenvalue weighted by Gasteiger charge is -2.31. The SMILES string of the molecule is COc1cc(OC)nc(NC(=O)CN2CCCC(C(=O)Nc3ccccc3)C2)n1. The molecule has 1 aliphatic heterocycles. The van der Waals surface area contributed by atoms with E-state index in [4.69, 9.17) is 9.47 Å². The molecule has 2 aromatic rings. The molecule has 0 spiro atoms. The lowest BCUT2D eigenvalue weighted by molar-refractivity contribution is -0.123. The summed E-state index contributed by atoms with van der Waals surface area (Å²) in [6, 6.07) is 10.9. The molecule has 3 rings (SSSR count). The Morgan fingerprint density at radius 1 is 1.10 bits per heavy atom. The average molecular weight is 399 g/mol. The van der Waals surface area contributed by atoms with E-state index >= 15 is 0 Å². The van der Waals surface area contributed by atoms with Gasteiger partial charge in [0, 0.05) is 12.2 Å².